The van der Waals surface area contributed by atoms with Gasteiger partial charge in [0.15, 0.2) is 0 Å². The zero-order valence-electron chi connectivity index (χ0n) is 11.3. The number of hydrogen-bond acceptors (Lipinski definition) is 2. The minimum atomic E-state index is 0.539. The van der Waals surface area contributed by atoms with E-state index in [-0.39, 0.29) is 0 Å². The Labute approximate surface area is 101 Å². The zero-order chi connectivity index (χ0) is 11.8. The maximum absolute atomic E-state index is 6.06. The van der Waals surface area contributed by atoms with Crippen molar-refractivity contribution in [2.75, 3.05) is 13.2 Å². The molecule has 0 amide bonds. The van der Waals surface area contributed by atoms with Crippen LogP contribution < -0.4 is 5.32 Å². The molecule has 1 rings (SSSR count). The van der Waals surface area contributed by atoms with Crippen LogP contribution in [-0.4, -0.2) is 25.3 Å². The molecule has 0 spiro atoms. The first-order valence-electron chi connectivity index (χ1n) is 7.12. The Balaban J connectivity index is 2.24. The van der Waals surface area contributed by atoms with E-state index in [1.54, 1.807) is 0 Å². The van der Waals surface area contributed by atoms with Crippen molar-refractivity contribution in [1.29, 1.82) is 0 Å². The number of likely N-dealkylation sites (N-methyl/N-ethyl adjacent to an activating group) is 1. The maximum Gasteiger partial charge on any atom is 0.0625 e. The summed E-state index contributed by atoms with van der Waals surface area (Å²) in [5.41, 5.74) is 0. The first-order chi connectivity index (χ1) is 7.77. The molecule has 1 aliphatic carbocycles. The molecule has 0 radical (unpaired) electrons. The van der Waals surface area contributed by atoms with Gasteiger partial charge in [0, 0.05) is 6.04 Å². The van der Waals surface area contributed by atoms with Crippen LogP contribution in [0, 0.1) is 5.92 Å². The van der Waals surface area contributed by atoms with Gasteiger partial charge in [-0.1, -0.05) is 46.5 Å². The fourth-order valence-corrected chi connectivity index (χ4v) is 2.44. The summed E-state index contributed by atoms with van der Waals surface area (Å²) in [5, 5.41) is 3.55. The molecule has 0 aromatic carbocycles. The van der Waals surface area contributed by atoms with Crippen LogP contribution >= 0.6 is 0 Å². The molecular formula is C14H29NO. The van der Waals surface area contributed by atoms with Crippen molar-refractivity contribution in [1.82, 2.24) is 5.32 Å². The third-order valence-electron chi connectivity index (χ3n) is 3.86. The molecule has 1 aliphatic rings. The smallest absolute Gasteiger partial charge is 0.0625 e. The highest BCUT2D eigenvalue weighted by Gasteiger charge is 2.19. The Bertz CT molecular complexity index is 166. The summed E-state index contributed by atoms with van der Waals surface area (Å²) >= 11 is 0. The molecule has 16 heavy (non-hydrogen) atoms. The molecule has 96 valence electrons. The fourth-order valence-electron chi connectivity index (χ4n) is 2.44. The van der Waals surface area contributed by atoms with E-state index in [1.165, 1.54) is 38.5 Å². The maximum atomic E-state index is 6.06. The Hall–Kier alpha value is -0.0800. The third kappa shape index (κ3) is 4.84. The highest BCUT2D eigenvalue weighted by Crippen LogP contribution is 2.21. The van der Waals surface area contributed by atoms with Crippen molar-refractivity contribution in [3.05, 3.63) is 0 Å². The normalized spacial score (nSPS) is 21.9. The molecule has 2 nitrogen and oxygen atoms in total. The molecule has 0 bridgehead atoms. The molecule has 0 heterocycles. The summed E-state index contributed by atoms with van der Waals surface area (Å²) in [5.74, 6) is 0.712. The van der Waals surface area contributed by atoms with Gasteiger partial charge in [-0.05, 0) is 25.3 Å². The first-order valence-corrected chi connectivity index (χ1v) is 7.12. The van der Waals surface area contributed by atoms with E-state index in [0.29, 0.717) is 18.1 Å². The van der Waals surface area contributed by atoms with E-state index >= 15 is 0 Å². The van der Waals surface area contributed by atoms with E-state index in [9.17, 15) is 0 Å². The monoisotopic (exact) mass is 227 g/mol. The summed E-state index contributed by atoms with van der Waals surface area (Å²) in [6.07, 6.45) is 8.45. The van der Waals surface area contributed by atoms with Crippen LogP contribution in [0.15, 0.2) is 0 Å². The quantitative estimate of drug-likeness (QED) is 0.720. The number of nitrogens with one attached hydrogen (secondary N) is 1. The van der Waals surface area contributed by atoms with Crippen LogP contribution in [-0.2, 0) is 4.74 Å². The van der Waals surface area contributed by atoms with Gasteiger partial charge in [0.05, 0.1) is 12.7 Å². The van der Waals surface area contributed by atoms with E-state index < -0.39 is 0 Å². The third-order valence-corrected chi connectivity index (χ3v) is 3.86. The molecule has 0 aliphatic heterocycles. The molecule has 0 aromatic rings. The second-order valence-electron chi connectivity index (χ2n) is 5.14. The van der Waals surface area contributed by atoms with Gasteiger partial charge in [-0.2, -0.15) is 0 Å². The van der Waals surface area contributed by atoms with Gasteiger partial charge in [-0.15, -0.1) is 0 Å². The molecule has 1 saturated carbocycles. The van der Waals surface area contributed by atoms with Crippen LogP contribution in [0.1, 0.15) is 59.3 Å². The van der Waals surface area contributed by atoms with E-state index in [4.69, 9.17) is 4.74 Å². The van der Waals surface area contributed by atoms with Gasteiger partial charge < -0.3 is 10.1 Å². The van der Waals surface area contributed by atoms with Crippen LogP contribution in [0.3, 0.4) is 0 Å². The molecule has 2 heteroatoms. The predicted molar refractivity (Wildman–Crippen MR) is 69.7 cm³/mol. The second kappa shape index (κ2) is 8.08. The molecule has 2 unspecified atom stereocenters. The van der Waals surface area contributed by atoms with Crippen molar-refractivity contribution in [2.45, 2.75) is 71.4 Å². The first kappa shape index (κ1) is 14.0. The minimum Gasteiger partial charge on any atom is -0.377 e. The summed E-state index contributed by atoms with van der Waals surface area (Å²) in [4.78, 5) is 0. The van der Waals surface area contributed by atoms with Gasteiger partial charge in [0.25, 0.3) is 0 Å². The number of rotatable bonds is 7. The van der Waals surface area contributed by atoms with Crippen LogP contribution in [0.25, 0.3) is 0 Å². The lowest BCUT2D eigenvalue weighted by Gasteiger charge is -2.28. The van der Waals surface area contributed by atoms with E-state index in [0.717, 1.165) is 13.2 Å². The SMILES string of the molecule is CCNC(COC1CCCCC1)C(C)CC. The highest BCUT2D eigenvalue weighted by molar-refractivity contribution is 4.73. The van der Waals surface area contributed by atoms with E-state index in [2.05, 4.69) is 26.1 Å². The highest BCUT2D eigenvalue weighted by atomic mass is 16.5. The van der Waals surface area contributed by atoms with Crippen LogP contribution in [0.4, 0.5) is 0 Å². The lowest BCUT2D eigenvalue weighted by Crippen LogP contribution is -2.40. The molecule has 0 saturated heterocycles. The minimum absolute atomic E-state index is 0.539. The molecule has 2 atom stereocenters. The largest absolute Gasteiger partial charge is 0.377 e. The Morgan fingerprint density at radius 1 is 1.19 bits per heavy atom. The molecule has 0 aromatic heterocycles. The summed E-state index contributed by atoms with van der Waals surface area (Å²) in [6, 6.07) is 0.539. The second-order valence-corrected chi connectivity index (χ2v) is 5.14. The summed E-state index contributed by atoms with van der Waals surface area (Å²) in [7, 11) is 0. The number of ether oxygens (including phenoxy) is 1. The molecule has 1 N–H and O–H groups in total. The average molecular weight is 227 g/mol. The summed E-state index contributed by atoms with van der Waals surface area (Å²) < 4.78 is 6.06. The van der Waals surface area contributed by atoms with Gasteiger partial charge >= 0.3 is 0 Å². The standard InChI is InChI=1S/C14H29NO/c1-4-12(3)14(15-5-2)11-16-13-9-7-6-8-10-13/h12-15H,4-11H2,1-3H3. The Morgan fingerprint density at radius 2 is 1.88 bits per heavy atom. The predicted octanol–water partition coefficient (Wildman–Crippen LogP) is 3.36. The Kier molecular flexibility index (Phi) is 7.06. The van der Waals surface area contributed by atoms with Crippen molar-refractivity contribution in [3.8, 4) is 0 Å². The van der Waals surface area contributed by atoms with Crippen LogP contribution in [0.2, 0.25) is 0 Å². The zero-order valence-corrected chi connectivity index (χ0v) is 11.3. The van der Waals surface area contributed by atoms with Crippen molar-refractivity contribution in [2.24, 2.45) is 5.92 Å². The summed E-state index contributed by atoms with van der Waals surface area (Å²) in [6.45, 7) is 8.69. The van der Waals surface area contributed by atoms with Crippen molar-refractivity contribution >= 4 is 0 Å². The lowest BCUT2D eigenvalue weighted by molar-refractivity contribution is 0.00811. The fraction of sp³-hybridized carbons (Fsp3) is 1.00. The molecular weight excluding hydrogens is 198 g/mol. The average Bonchev–Trinajstić information content (AvgIpc) is 2.34. The van der Waals surface area contributed by atoms with Crippen molar-refractivity contribution < 1.29 is 4.74 Å². The van der Waals surface area contributed by atoms with Gasteiger partial charge in [-0.3, -0.25) is 0 Å². The lowest BCUT2D eigenvalue weighted by atomic mass is 9.97. The van der Waals surface area contributed by atoms with Crippen LogP contribution in [0.5, 0.6) is 0 Å². The Morgan fingerprint density at radius 3 is 2.44 bits per heavy atom. The molecule has 1 fully saturated rings. The van der Waals surface area contributed by atoms with Gasteiger partial charge in [-0.25, -0.2) is 0 Å². The van der Waals surface area contributed by atoms with Gasteiger partial charge in [0.1, 0.15) is 0 Å². The van der Waals surface area contributed by atoms with E-state index in [1.807, 2.05) is 0 Å². The topological polar surface area (TPSA) is 21.3 Å². The van der Waals surface area contributed by atoms with Gasteiger partial charge in [0.2, 0.25) is 0 Å². The van der Waals surface area contributed by atoms with Crippen molar-refractivity contribution in [3.63, 3.8) is 0 Å². The number of hydrogen-bond donors (Lipinski definition) is 1.